The van der Waals surface area contributed by atoms with Gasteiger partial charge in [0.2, 0.25) is 0 Å². The van der Waals surface area contributed by atoms with Gasteiger partial charge in [-0.25, -0.2) is 9.95 Å². The molecule has 1 atom stereocenters. The number of halogens is 4. The van der Waals surface area contributed by atoms with Crippen molar-refractivity contribution >= 4 is 17.5 Å². The summed E-state index contributed by atoms with van der Waals surface area (Å²) in [7, 11) is 0. The maximum atomic E-state index is 12.3. The summed E-state index contributed by atoms with van der Waals surface area (Å²) in [5, 5.41) is 17.2. The number of rotatable bonds is 4. The zero-order chi connectivity index (χ0) is 14.5. The van der Waals surface area contributed by atoms with Crippen molar-refractivity contribution in [2.75, 3.05) is 4.53 Å². The molecule has 1 unspecified atom stereocenters. The molecule has 0 bridgehead atoms. The molecule has 1 N–H and O–H groups in total. The Morgan fingerprint density at radius 3 is 2.26 bits per heavy atom. The number of alkyl halides is 3. The van der Waals surface area contributed by atoms with Crippen LogP contribution in [-0.4, -0.2) is 6.04 Å². The van der Waals surface area contributed by atoms with E-state index in [1.165, 1.54) is 0 Å². The Balaban J connectivity index is 2.76. The highest BCUT2D eigenvalue weighted by Crippen LogP contribution is 2.30. The number of nitriles is 2. The lowest BCUT2D eigenvalue weighted by Crippen LogP contribution is -2.38. The molecule has 0 amide bonds. The molecule has 0 radical (unpaired) electrons. The Morgan fingerprint density at radius 1 is 1.26 bits per heavy atom. The largest absolute Gasteiger partial charge is 0.416 e. The molecule has 0 aliphatic heterocycles. The SMILES string of the molecule is N#CCC(C#N)NN(Cl)c1ccc(C(F)(F)F)cc1. The zero-order valence-electron chi connectivity index (χ0n) is 9.45. The maximum Gasteiger partial charge on any atom is 0.416 e. The van der Waals surface area contributed by atoms with Crippen LogP contribution in [0.5, 0.6) is 0 Å². The van der Waals surface area contributed by atoms with Gasteiger partial charge in [0.1, 0.15) is 6.04 Å². The maximum absolute atomic E-state index is 12.3. The molecular formula is C11H8ClF3N4. The first-order chi connectivity index (χ1) is 8.88. The summed E-state index contributed by atoms with van der Waals surface area (Å²) in [5.41, 5.74) is 1.91. The number of benzene rings is 1. The van der Waals surface area contributed by atoms with Crippen LogP contribution in [0.2, 0.25) is 0 Å². The third-order valence-corrected chi connectivity index (χ3v) is 2.43. The predicted molar refractivity (Wildman–Crippen MR) is 62.5 cm³/mol. The molecule has 19 heavy (non-hydrogen) atoms. The zero-order valence-corrected chi connectivity index (χ0v) is 10.2. The highest BCUT2D eigenvalue weighted by molar-refractivity contribution is 6.25. The van der Waals surface area contributed by atoms with Gasteiger partial charge in [0, 0.05) is 11.8 Å². The average Bonchev–Trinajstić information content (AvgIpc) is 2.37. The first-order valence-corrected chi connectivity index (χ1v) is 5.38. The first kappa shape index (κ1) is 15.1. The van der Waals surface area contributed by atoms with E-state index >= 15 is 0 Å². The van der Waals surface area contributed by atoms with Crippen molar-refractivity contribution in [1.82, 2.24) is 5.43 Å². The van der Waals surface area contributed by atoms with E-state index in [1.807, 2.05) is 0 Å². The number of hydrogen-bond donors (Lipinski definition) is 1. The number of anilines is 1. The van der Waals surface area contributed by atoms with Crippen LogP contribution in [0.15, 0.2) is 24.3 Å². The molecule has 4 nitrogen and oxygen atoms in total. The number of hydrogen-bond acceptors (Lipinski definition) is 4. The average molecular weight is 289 g/mol. The lowest BCUT2D eigenvalue weighted by molar-refractivity contribution is -0.137. The fourth-order valence-electron chi connectivity index (χ4n) is 1.20. The minimum Gasteiger partial charge on any atom is -0.217 e. The molecular weight excluding hydrogens is 281 g/mol. The quantitative estimate of drug-likeness (QED) is 0.683. The van der Waals surface area contributed by atoms with Crippen molar-refractivity contribution in [3.63, 3.8) is 0 Å². The molecule has 1 aromatic carbocycles. The molecule has 0 heterocycles. The summed E-state index contributed by atoms with van der Waals surface area (Å²) in [5.74, 6) is 0. The molecule has 1 aromatic rings. The lowest BCUT2D eigenvalue weighted by atomic mass is 10.2. The van der Waals surface area contributed by atoms with E-state index in [1.54, 1.807) is 12.1 Å². The molecule has 0 aliphatic carbocycles. The van der Waals surface area contributed by atoms with Gasteiger partial charge in [0.25, 0.3) is 0 Å². The highest BCUT2D eigenvalue weighted by atomic mass is 35.5. The second-order valence-corrected chi connectivity index (χ2v) is 3.84. The van der Waals surface area contributed by atoms with Crippen LogP contribution in [0.4, 0.5) is 18.9 Å². The molecule has 8 heteroatoms. The Kier molecular flexibility index (Phi) is 4.99. The van der Waals surface area contributed by atoms with Crippen LogP contribution in [-0.2, 0) is 6.18 Å². The molecule has 0 fully saturated rings. The number of nitrogens with zero attached hydrogens (tertiary/aromatic N) is 3. The Morgan fingerprint density at radius 2 is 1.84 bits per heavy atom. The van der Waals surface area contributed by atoms with Gasteiger partial charge < -0.3 is 0 Å². The highest BCUT2D eigenvalue weighted by Gasteiger charge is 2.30. The minimum absolute atomic E-state index is 0.0969. The fraction of sp³-hybridized carbons (Fsp3) is 0.273. The summed E-state index contributed by atoms with van der Waals surface area (Å²) in [6, 6.07) is 6.80. The topological polar surface area (TPSA) is 62.9 Å². The molecule has 0 aliphatic rings. The third-order valence-electron chi connectivity index (χ3n) is 2.14. The normalized spacial score (nSPS) is 12.3. The summed E-state index contributed by atoms with van der Waals surface area (Å²) in [6.07, 6.45) is -4.51. The van der Waals surface area contributed by atoms with E-state index < -0.39 is 17.8 Å². The second-order valence-electron chi connectivity index (χ2n) is 3.50. The van der Waals surface area contributed by atoms with Crippen molar-refractivity contribution in [1.29, 1.82) is 10.5 Å². The summed E-state index contributed by atoms with van der Waals surface area (Å²) in [4.78, 5) is 0. The van der Waals surface area contributed by atoms with Crippen molar-refractivity contribution in [2.45, 2.75) is 18.6 Å². The van der Waals surface area contributed by atoms with E-state index in [2.05, 4.69) is 5.43 Å². The Hall–Kier alpha value is -1.96. The van der Waals surface area contributed by atoms with Crippen molar-refractivity contribution in [3.8, 4) is 12.1 Å². The van der Waals surface area contributed by atoms with Crippen LogP contribution in [0.1, 0.15) is 12.0 Å². The monoisotopic (exact) mass is 288 g/mol. The summed E-state index contributed by atoms with van der Waals surface area (Å²) >= 11 is 5.76. The van der Waals surface area contributed by atoms with Gasteiger partial charge in [-0.3, -0.25) is 0 Å². The fourth-order valence-corrected chi connectivity index (χ4v) is 1.43. The van der Waals surface area contributed by atoms with E-state index in [9.17, 15) is 13.2 Å². The Bertz CT molecular complexity index is 501. The van der Waals surface area contributed by atoms with Gasteiger partial charge in [-0.2, -0.15) is 23.7 Å². The Labute approximate surface area is 112 Å². The van der Waals surface area contributed by atoms with Gasteiger partial charge in [0.15, 0.2) is 0 Å². The molecule has 0 spiro atoms. The first-order valence-electron chi connectivity index (χ1n) is 5.04. The van der Waals surface area contributed by atoms with Crippen LogP contribution < -0.4 is 9.95 Å². The predicted octanol–water partition coefficient (Wildman–Crippen LogP) is 2.98. The second kappa shape index (κ2) is 6.28. The van der Waals surface area contributed by atoms with Crippen LogP contribution >= 0.6 is 11.8 Å². The van der Waals surface area contributed by atoms with Gasteiger partial charge >= 0.3 is 6.18 Å². The third kappa shape index (κ3) is 4.32. The van der Waals surface area contributed by atoms with E-state index in [-0.39, 0.29) is 12.1 Å². The smallest absolute Gasteiger partial charge is 0.217 e. The molecule has 1 rings (SSSR count). The van der Waals surface area contributed by atoms with Crippen molar-refractivity contribution in [2.24, 2.45) is 0 Å². The summed E-state index contributed by atoms with van der Waals surface area (Å²) < 4.78 is 37.9. The van der Waals surface area contributed by atoms with Crippen molar-refractivity contribution < 1.29 is 13.2 Å². The molecule has 0 saturated carbocycles. The van der Waals surface area contributed by atoms with E-state index in [0.717, 1.165) is 28.8 Å². The minimum atomic E-state index is -4.42. The molecule has 0 saturated heterocycles. The number of hydrazine groups is 1. The van der Waals surface area contributed by atoms with E-state index in [4.69, 9.17) is 22.3 Å². The standard InChI is InChI=1S/C11H8ClF3N4/c12-19(18-9(7-17)5-6-16)10-3-1-8(2-4-10)11(13,14)15/h1-4,9,18H,5H2. The number of nitrogens with one attached hydrogen (secondary N) is 1. The molecule has 0 aromatic heterocycles. The van der Waals surface area contributed by atoms with Crippen molar-refractivity contribution in [3.05, 3.63) is 29.8 Å². The summed E-state index contributed by atoms with van der Waals surface area (Å²) in [6.45, 7) is 0. The van der Waals surface area contributed by atoms with Gasteiger partial charge in [0.05, 0.1) is 29.8 Å². The van der Waals surface area contributed by atoms with Crippen LogP contribution in [0, 0.1) is 22.7 Å². The van der Waals surface area contributed by atoms with E-state index in [0.29, 0.717) is 0 Å². The van der Waals surface area contributed by atoms with Crippen LogP contribution in [0.3, 0.4) is 0 Å². The lowest BCUT2D eigenvalue weighted by Gasteiger charge is -2.19. The van der Waals surface area contributed by atoms with Crippen LogP contribution in [0.25, 0.3) is 0 Å². The molecule has 100 valence electrons. The van der Waals surface area contributed by atoms with Gasteiger partial charge in [-0.15, -0.1) is 0 Å². The van der Waals surface area contributed by atoms with Gasteiger partial charge in [-0.1, -0.05) is 0 Å². The van der Waals surface area contributed by atoms with Gasteiger partial charge in [-0.05, 0) is 24.3 Å².